The zero-order valence-electron chi connectivity index (χ0n) is 14.6. The Morgan fingerprint density at radius 1 is 1.13 bits per heavy atom. The molecule has 0 spiro atoms. The van der Waals surface area contributed by atoms with Crippen molar-refractivity contribution in [3.8, 4) is 0 Å². The van der Waals surface area contributed by atoms with E-state index >= 15 is 0 Å². The number of amides is 1. The molecule has 1 amide bonds. The number of benzene rings is 2. The lowest BCUT2D eigenvalue weighted by atomic mass is 10.0. The van der Waals surface area contributed by atoms with Gasteiger partial charge in [-0.05, 0) is 52.7 Å². The molecule has 0 unspecified atom stereocenters. The molecule has 0 aromatic heterocycles. The molecule has 0 radical (unpaired) electrons. The van der Waals surface area contributed by atoms with E-state index in [0.717, 1.165) is 16.3 Å². The second-order valence-corrected chi connectivity index (χ2v) is 12.2. The first-order valence-electron chi connectivity index (χ1n) is 7.82. The van der Waals surface area contributed by atoms with Crippen molar-refractivity contribution in [2.24, 2.45) is 5.84 Å². The van der Waals surface area contributed by atoms with Crippen LogP contribution in [0.2, 0.25) is 18.1 Å². The van der Waals surface area contributed by atoms with Crippen LogP contribution in [0, 0.1) is 0 Å². The van der Waals surface area contributed by atoms with E-state index in [4.69, 9.17) is 10.3 Å². The molecule has 0 heterocycles. The number of carbonyl (C=O) groups is 1. The van der Waals surface area contributed by atoms with Crippen LogP contribution >= 0.6 is 0 Å². The molecule has 0 aliphatic rings. The molecule has 124 valence electrons. The number of nitrogen functional groups attached to an aromatic ring is 1. The number of carbonyl (C=O) groups excluding carboxylic acids is 1. The third kappa shape index (κ3) is 3.99. The molecule has 3 N–H and O–H groups in total. The van der Waals surface area contributed by atoms with Gasteiger partial charge in [-0.3, -0.25) is 10.2 Å². The van der Waals surface area contributed by atoms with Crippen LogP contribution in [0.5, 0.6) is 0 Å². The first kappa shape index (κ1) is 17.7. The fraction of sp³-hybridized carbons (Fsp3) is 0.389. The molecule has 2 rings (SSSR count). The van der Waals surface area contributed by atoms with Gasteiger partial charge >= 0.3 is 0 Å². The van der Waals surface area contributed by atoms with E-state index in [9.17, 15) is 4.79 Å². The highest BCUT2D eigenvalue weighted by Crippen LogP contribution is 2.37. The van der Waals surface area contributed by atoms with Crippen LogP contribution in [0.4, 0.5) is 0 Å². The molecule has 0 saturated heterocycles. The summed E-state index contributed by atoms with van der Waals surface area (Å²) in [5, 5.41) is 2.31. The second-order valence-electron chi connectivity index (χ2n) is 7.42. The molecule has 0 bridgehead atoms. The van der Waals surface area contributed by atoms with Gasteiger partial charge in [-0.25, -0.2) is 5.84 Å². The molecule has 5 heteroatoms. The van der Waals surface area contributed by atoms with E-state index in [0.29, 0.717) is 12.2 Å². The van der Waals surface area contributed by atoms with E-state index in [2.05, 4.69) is 51.4 Å². The molecule has 0 atom stereocenters. The minimum absolute atomic E-state index is 0.203. The fourth-order valence-corrected chi connectivity index (χ4v) is 3.05. The van der Waals surface area contributed by atoms with Crippen molar-refractivity contribution in [3.05, 3.63) is 47.5 Å². The average Bonchev–Trinajstić information content (AvgIpc) is 2.50. The van der Waals surface area contributed by atoms with Gasteiger partial charge in [0.25, 0.3) is 5.91 Å². The topological polar surface area (TPSA) is 64.3 Å². The van der Waals surface area contributed by atoms with Crippen molar-refractivity contribution < 1.29 is 9.22 Å². The molecule has 0 saturated carbocycles. The summed E-state index contributed by atoms with van der Waals surface area (Å²) in [6, 6.07) is 11.8. The standard InChI is InChI=1S/C18H26N2O2Si/c1-18(2,3)23(4,5)22-12-13-6-7-15-11-16(17(21)20-19)9-8-14(15)10-13/h6-11H,12,19H2,1-5H3,(H,20,21). The number of hydrogen-bond acceptors (Lipinski definition) is 3. The molecule has 0 aliphatic heterocycles. The number of hydrazine groups is 1. The molecule has 0 fully saturated rings. The molecule has 2 aromatic carbocycles. The first-order valence-corrected chi connectivity index (χ1v) is 10.7. The lowest BCUT2D eigenvalue weighted by Crippen LogP contribution is -2.40. The van der Waals surface area contributed by atoms with Crippen molar-refractivity contribution in [2.45, 2.75) is 45.5 Å². The van der Waals surface area contributed by atoms with E-state index in [1.54, 1.807) is 6.07 Å². The molecular formula is C18H26N2O2Si. The van der Waals surface area contributed by atoms with E-state index in [-0.39, 0.29) is 10.9 Å². The zero-order valence-corrected chi connectivity index (χ0v) is 15.6. The van der Waals surface area contributed by atoms with Crippen LogP contribution in [0.25, 0.3) is 10.8 Å². The Morgan fingerprint density at radius 3 is 2.35 bits per heavy atom. The van der Waals surface area contributed by atoms with Gasteiger partial charge in [0, 0.05) is 5.56 Å². The van der Waals surface area contributed by atoms with Gasteiger partial charge in [0.05, 0.1) is 6.61 Å². The number of hydrogen-bond donors (Lipinski definition) is 2. The van der Waals surface area contributed by atoms with Crippen LogP contribution in [-0.2, 0) is 11.0 Å². The van der Waals surface area contributed by atoms with Crippen LogP contribution < -0.4 is 11.3 Å². The van der Waals surface area contributed by atoms with Crippen molar-refractivity contribution in [3.63, 3.8) is 0 Å². The average molecular weight is 331 g/mol. The van der Waals surface area contributed by atoms with Gasteiger partial charge in [0.15, 0.2) is 8.32 Å². The molecular weight excluding hydrogens is 304 g/mol. The third-order valence-electron chi connectivity index (χ3n) is 4.70. The minimum atomic E-state index is -1.75. The van der Waals surface area contributed by atoms with Gasteiger partial charge in [-0.2, -0.15) is 0 Å². The Kier molecular flexibility index (Phi) is 4.94. The van der Waals surface area contributed by atoms with E-state index in [1.807, 2.05) is 18.2 Å². The summed E-state index contributed by atoms with van der Waals surface area (Å²) in [7, 11) is -1.75. The molecule has 4 nitrogen and oxygen atoms in total. The summed E-state index contributed by atoms with van der Waals surface area (Å²) in [6.07, 6.45) is 0. The lowest BCUT2D eigenvalue weighted by molar-refractivity contribution is 0.0954. The van der Waals surface area contributed by atoms with Gasteiger partial charge in [0.2, 0.25) is 0 Å². The lowest BCUT2D eigenvalue weighted by Gasteiger charge is -2.36. The quantitative estimate of drug-likeness (QED) is 0.386. The van der Waals surface area contributed by atoms with E-state index in [1.165, 1.54) is 0 Å². The van der Waals surface area contributed by atoms with Crippen LogP contribution in [-0.4, -0.2) is 14.2 Å². The molecule has 23 heavy (non-hydrogen) atoms. The van der Waals surface area contributed by atoms with Crippen molar-refractivity contribution >= 4 is 25.0 Å². The predicted octanol–water partition coefficient (Wildman–Crippen LogP) is 3.97. The Hall–Kier alpha value is -1.69. The summed E-state index contributed by atoms with van der Waals surface area (Å²) in [4.78, 5) is 11.6. The van der Waals surface area contributed by atoms with Crippen LogP contribution in [0.15, 0.2) is 36.4 Å². The highest BCUT2D eigenvalue weighted by molar-refractivity contribution is 6.74. The van der Waals surface area contributed by atoms with Gasteiger partial charge in [-0.15, -0.1) is 0 Å². The first-order chi connectivity index (χ1) is 10.6. The third-order valence-corrected chi connectivity index (χ3v) is 9.18. The van der Waals surface area contributed by atoms with Crippen LogP contribution in [0.1, 0.15) is 36.7 Å². The number of rotatable bonds is 4. The number of nitrogens with two attached hydrogens (primary N) is 1. The Labute approximate surface area is 139 Å². The number of nitrogens with one attached hydrogen (secondary N) is 1. The largest absolute Gasteiger partial charge is 0.413 e. The van der Waals surface area contributed by atoms with Crippen molar-refractivity contribution in [1.82, 2.24) is 5.43 Å². The maximum Gasteiger partial charge on any atom is 0.265 e. The molecule has 2 aromatic rings. The van der Waals surface area contributed by atoms with Crippen molar-refractivity contribution in [2.75, 3.05) is 0 Å². The second kappa shape index (κ2) is 6.43. The Morgan fingerprint density at radius 2 is 1.74 bits per heavy atom. The van der Waals surface area contributed by atoms with Gasteiger partial charge in [-0.1, -0.05) is 39.0 Å². The molecule has 0 aliphatic carbocycles. The maximum absolute atomic E-state index is 11.6. The predicted molar refractivity (Wildman–Crippen MR) is 97.6 cm³/mol. The summed E-state index contributed by atoms with van der Waals surface area (Å²) in [6.45, 7) is 11.9. The normalized spacial score (nSPS) is 12.4. The van der Waals surface area contributed by atoms with Gasteiger partial charge < -0.3 is 4.43 Å². The van der Waals surface area contributed by atoms with Gasteiger partial charge in [0.1, 0.15) is 0 Å². The van der Waals surface area contributed by atoms with E-state index < -0.39 is 8.32 Å². The monoisotopic (exact) mass is 330 g/mol. The smallest absolute Gasteiger partial charge is 0.265 e. The maximum atomic E-state index is 11.6. The minimum Gasteiger partial charge on any atom is -0.413 e. The fourth-order valence-electron chi connectivity index (χ4n) is 2.09. The SMILES string of the molecule is CC(C)(C)[Si](C)(C)OCc1ccc2cc(C(=O)NN)ccc2c1. The Balaban J connectivity index is 2.20. The van der Waals surface area contributed by atoms with Crippen molar-refractivity contribution in [1.29, 1.82) is 0 Å². The summed E-state index contributed by atoms with van der Waals surface area (Å²) < 4.78 is 6.27. The summed E-state index contributed by atoms with van der Waals surface area (Å²) in [5.74, 6) is 4.90. The summed E-state index contributed by atoms with van der Waals surface area (Å²) >= 11 is 0. The van der Waals surface area contributed by atoms with Crippen LogP contribution in [0.3, 0.4) is 0 Å². The highest BCUT2D eigenvalue weighted by atomic mass is 28.4. The number of fused-ring (bicyclic) bond motifs is 1. The summed E-state index contributed by atoms with van der Waals surface area (Å²) in [5.41, 5.74) is 3.87. The highest BCUT2D eigenvalue weighted by Gasteiger charge is 2.36. The zero-order chi connectivity index (χ0) is 17.3. The Bertz CT molecular complexity index is 721.